The third-order valence-electron chi connectivity index (χ3n) is 6.26. The van der Waals surface area contributed by atoms with Gasteiger partial charge in [-0.1, -0.05) is 36.4 Å². The second-order valence-corrected chi connectivity index (χ2v) is 9.94. The molecule has 2 atom stereocenters. The van der Waals surface area contributed by atoms with Crippen LogP contribution < -0.4 is 4.90 Å². The highest BCUT2D eigenvalue weighted by Crippen LogP contribution is 2.47. The van der Waals surface area contributed by atoms with Gasteiger partial charge < -0.3 is 15.1 Å². The zero-order valence-corrected chi connectivity index (χ0v) is 21.8. The fourth-order valence-corrected chi connectivity index (χ4v) is 4.95. The summed E-state index contributed by atoms with van der Waals surface area (Å²) in [5.74, 6) is -1.16. The maximum atomic E-state index is 13.6. The molecule has 4 rings (SSSR count). The smallest absolute Gasteiger partial charge is 0.269 e. The van der Waals surface area contributed by atoms with Crippen LogP contribution in [0.5, 0.6) is 0 Å². The van der Waals surface area contributed by atoms with Crippen molar-refractivity contribution in [1.29, 1.82) is 0 Å². The van der Waals surface area contributed by atoms with E-state index < -0.39 is 22.3 Å². The van der Waals surface area contributed by atoms with E-state index in [4.69, 9.17) is 5.11 Å². The number of halogens is 1. The molecule has 188 valence electrons. The van der Waals surface area contributed by atoms with E-state index in [0.717, 1.165) is 9.13 Å². The van der Waals surface area contributed by atoms with Crippen LogP contribution in [0.4, 0.5) is 11.4 Å². The second kappa shape index (κ2) is 10.8. The summed E-state index contributed by atoms with van der Waals surface area (Å²) in [4.78, 5) is 26.0. The minimum absolute atomic E-state index is 0.00286. The Bertz CT molecular complexity index is 1310. The molecule has 10 nitrogen and oxygen atoms in total. The molecular formula is C25H26IN5O5. The second-order valence-electron chi connectivity index (χ2n) is 8.70. The number of hydrogen-bond acceptors (Lipinski definition) is 7. The summed E-state index contributed by atoms with van der Waals surface area (Å²) in [6, 6.07) is 11.9. The van der Waals surface area contributed by atoms with Crippen LogP contribution in [-0.4, -0.2) is 42.6 Å². The average Bonchev–Trinajstić information content (AvgIpc) is 3.38. The van der Waals surface area contributed by atoms with Crippen molar-refractivity contribution in [1.82, 2.24) is 15.0 Å². The predicted molar refractivity (Wildman–Crippen MR) is 141 cm³/mol. The van der Waals surface area contributed by atoms with Crippen LogP contribution in [-0.2, 0) is 29.9 Å². The number of nitro groups is 1. The number of carbonyl (C=O) groups excluding carboxylic acids is 1. The number of aliphatic hydroxyl groups excluding tert-OH is 1. The highest BCUT2D eigenvalue weighted by Gasteiger charge is 2.53. The number of aliphatic hydroxyl groups is 2. The number of nitro benzene ring substituents is 1. The van der Waals surface area contributed by atoms with Crippen molar-refractivity contribution in [3.63, 3.8) is 0 Å². The summed E-state index contributed by atoms with van der Waals surface area (Å²) < 4.78 is 2.68. The molecule has 2 aromatic carbocycles. The van der Waals surface area contributed by atoms with Crippen molar-refractivity contribution in [3.8, 4) is 0 Å². The SMILES string of the molecule is C[C@H](/C=C/CCn1cc(CCO)nn1)[C@@]1(O)C(=O)N(Cc2cccc(I)c2)c2ccc([N+](=O)[O-])cc21. The first-order chi connectivity index (χ1) is 17.2. The van der Waals surface area contributed by atoms with Crippen molar-refractivity contribution >= 4 is 39.9 Å². The Morgan fingerprint density at radius 1 is 1.28 bits per heavy atom. The highest BCUT2D eigenvalue weighted by atomic mass is 127. The topological polar surface area (TPSA) is 135 Å². The number of benzene rings is 2. The molecule has 0 bridgehead atoms. The number of nitrogens with zero attached hydrogens (tertiary/aromatic N) is 5. The monoisotopic (exact) mass is 603 g/mol. The summed E-state index contributed by atoms with van der Waals surface area (Å²) in [5.41, 5.74) is 0.159. The summed E-state index contributed by atoms with van der Waals surface area (Å²) in [6.45, 7) is 2.50. The zero-order chi connectivity index (χ0) is 25.9. The van der Waals surface area contributed by atoms with E-state index >= 15 is 0 Å². The van der Waals surface area contributed by atoms with E-state index in [1.165, 1.54) is 23.1 Å². The average molecular weight is 603 g/mol. The van der Waals surface area contributed by atoms with Gasteiger partial charge in [0.2, 0.25) is 0 Å². The molecule has 0 radical (unpaired) electrons. The van der Waals surface area contributed by atoms with Crippen LogP contribution in [0.1, 0.15) is 30.2 Å². The van der Waals surface area contributed by atoms with Crippen molar-refractivity contribution < 1.29 is 19.9 Å². The fourth-order valence-electron chi connectivity index (χ4n) is 4.35. The maximum absolute atomic E-state index is 13.6. The Balaban J connectivity index is 1.58. The molecule has 0 fully saturated rings. The van der Waals surface area contributed by atoms with Gasteiger partial charge in [0.1, 0.15) is 0 Å². The number of carbonyl (C=O) groups is 1. The number of aryl methyl sites for hydroxylation is 1. The summed E-state index contributed by atoms with van der Waals surface area (Å²) >= 11 is 2.20. The van der Waals surface area contributed by atoms with E-state index in [9.17, 15) is 20.0 Å². The molecule has 3 aromatic rings. The van der Waals surface area contributed by atoms with Crippen LogP contribution in [0.3, 0.4) is 0 Å². The highest BCUT2D eigenvalue weighted by molar-refractivity contribution is 14.1. The first kappa shape index (κ1) is 25.9. The standard InChI is InChI=1S/C25H26IN5O5/c1-17(5-2-3-11-29-16-20(10-12-32)27-28-29)25(34)22-14-21(31(35)36)8-9-23(22)30(24(25)33)15-18-6-4-7-19(26)13-18/h2,4-9,13-14,16-17,32,34H,3,10-12,15H2,1H3/b5-2+/t17-,25+/m1/s1. The lowest BCUT2D eigenvalue weighted by Crippen LogP contribution is -2.44. The van der Waals surface area contributed by atoms with Crippen molar-refractivity contribution in [3.05, 3.63) is 91.3 Å². The molecule has 0 unspecified atom stereocenters. The normalized spacial score (nSPS) is 18.1. The van der Waals surface area contributed by atoms with Crippen LogP contribution in [0.25, 0.3) is 0 Å². The molecule has 0 saturated heterocycles. The molecule has 11 heteroatoms. The number of amides is 1. The lowest BCUT2D eigenvalue weighted by molar-refractivity contribution is -0.385. The molecule has 1 aromatic heterocycles. The Morgan fingerprint density at radius 2 is 2.08 bits per heavy atom. The number of fused-ring (bicyclic) bond motifs is 1. The quantitative estimate of drug-likeness (QED) is 0.157. The maximum Gasteiger partial charge on any atom is 0.269 e. The first-order valence-corrected chi connectivity index (χ1v) is 12.6. The zero-order valence-electron chi connectivity index (χ0n) is 19.6. The Hall–Kier alpha value is -3.16. The lowest BCUT2D eigenvalue weighted by Gasteiger charge is -2.27. The Kier molecular flexibility index (Phi) is 7.81. The van der Waals surface area contributed by atoms with Gasteiger partial charge in [-0.2, -0.15) is 0 Å². The molecular weight excluding hydrogens is 577 g/mol. The molecule has 0 spiro atoms. The predicted octanol–water partition coefficient (Wildman–Crippen LogP) is 3.34. The van der Waals surface area contributed by atoms with Crippen LogP contribution in [0.15, 0.2) is 60.8 Å². The van der Waals surface area contributed by atoms with E-state index in [1.807, 2.05) is 30.3 Å². The van der Waals surface area contributed by atoms with Gasteiger partial charge in [-0.05, 0) is 52.8 Å². The summed E-state index contributed by atoms with van der Waals surface area (Å²) in [5, 5.41) is 40.2. The van der Waals surface area contributed by atoms with E-state index in [0.29, 0.717) is 30.8 Å². The third kappa shape index (κ3) is 5.18. The van der Waals surface area contributed by atoms with Gasteiger partial charge in [0.15, 0.2) is 5.60 Å². The number of hydrogen-bond donors (Lipinski definition) is 2. The molecule has 1 amide bonds. The molecule has 1 aliphatic rings. The molecule has 0 aliphatic carbocycles. The van der Waals surface area contributed by atoms with Crippen molar-refractivity contribution in [2.45, 2.75) is 38.5 Å². The van der Waals surface area contributed by atoms with Crippen LogP contribution in [0, 0.1) is 19.6 Å². The Morgan fingerprint density at radius 3 is 2.81 bits per heavy atom. The molecule has 0 saturated carbocycles. The van der Waals surface area contributed by atoms with E-state index in [2.05, 4.69) is 32.9 Å². The largest absolute Gasteiger partial charge is 0.396 e. The molecule has 1 aliphatic heterocycles. The number of non-ortho nitro benzene ring substituents is 1. The fraction of sp³-hybridized carbons (Fsp3) is 0.320. The third-order valence-corrected chi connectivity index (χ3v) is 6.93. The van der Waals surface area contributed by atoms with Gasteiger partial charge in [-0.3, -0.25) is 19.6 Å². The van der Waals surface area contributed by atoms with Gasteiger partial charge in [0.05, 0.1) is 22.8 Å². The number of anilines is 1. The van der Waals surface area contributed by atoms with E-state index in [1.54, 1.807) is 23.9 Å². The Labute approximate surface area is 221 Å². The molecule has 2 heterocycles. The number of aromatic nitrogens is 3. The molecule has 2 N–H and O–H groups in total. The van der Waals surface area contributed by atoms with Gasteiger partial charge >= 0.3 is 0 Å². The van der Waals surface area contributed by atoms with Crippen molar-refractivity contribution in [2.24, 2.45) is 5.92 Å². The van der Waals surface area contributed by atoms with Crippen LogP contribution >= 0.6 is 22.6 Å². The van der Waals surface area contributed by atoms with Crippen molar-refractivity contribution in [2.75, 3.05) is 11.5 Å². The number of rotatable bonds is 10. The lowest BCUT2D eigenvalue weighted by atomic mass is 9.82. The molecule has 36 heavy (non-hydrogen) atoms. The minimum atomic E-state index is -1.94. The summed E-state index contributed by atoms with van der Waals surface area (Å²) in [6.07, 6.45) is 6.37. The van der Waals surface area contributed by atoms with E-state index in [-0.39, 0.29) is 24.4 Å². The number of allylic oxidation sites excluding steroid dienone is 1. The van der Waals surface area contributed by atoms with Gasteiger partial charge in [-0.15, -0.1) is 5.10 Å². The van der Waals surface area contributed by atoms with Gasteiger partial charge in [0.25, 0.3) is 11.6 Å². The minimum Gasteiger partial charge on any atom is -0.396 e. The first-order valence-electron chi connectivity index (χ1n) is 11.5. The summed E-state index contributed by atoms with van der Waals surface area (Å²) in [7, 11) is 0. The van der Waals surface area contributed by atoms with Gasteiger partial charge in [0, 0.05) is 53.0 Å². The van der Waals surface area contributed by atoms with Crippen LogP contribution in [0.2, 0.25) is 0 Å². The van der Waals surface area contributed by atoms with Gasteiger partial charge in [-0.25, -0.2) is 0 Å².